The van der Waals surface area contributed by atoms with E-state index in [4.69, 9.17) is 37.4 Å². The molecule has 0 unspecified atom stereocenters. The van der Waals surface area contributed by atoms with Crippen LogP contribution in [0, 0.1) is 5.92 Å². The van der Waals surface area contributed by atoms with E-state index in [1.807, 2.05) is 18.5 Å². The Hall–Kier alpha value is -1.57. The molecule has 0 aliphatic heterocycles. The van der Waals surface area contributed by atoms with E-state index in [0.717, 1.165) is 38.5 Å². The number of hydrogen-bond donors (Lipinski definition) is 0. The Morgan fingerprint density at radius 1 is 1.06 bits per heavy atom. The van der Waals surface area contributed by atoms with Crippen LogP contribution in [0.4, 0.5) is 0 Å². The minimum absolute atomic E-state index is 0.0534. The van der Waals surface area contributed by atoms with Crippen molar-refractivity contribution in [2.75, 3.05) is 6.61 Å². The van der Waals surface area contributed by atoms with Crippen molar-refractivity contribution in [3.8, 4) is 11.9 Å². The maximum absolute atomic E-state index is 11.2. The molecule has 170 valence electrons. The summed E-state index contributed by atoms with van der Waals surface area (Å²) < 4.78 is 19.8. The van der Waals surface area contributed by atoms with Gasteiger partial charge in [0.15, 0.2) is 5.15 Å². The number of fused-ring (bicyclic) bond motifs is 1. The van der Waals surface area contributed by atoms with Crippen LogP contribution in [0.3, 0.4) is 0 Å². The molecule has 0 aromatic carbocycles. The second-order valence-electron chi connectivity index (χ2n) is 8.85. The van der Waals surface area contributed by atoms with Crippen LogP contribution >= 0.6 is 23.2 Å². The topological polar surface area (TPSA) is 75.5 Å². The van der Waals surface area contributed by atoms with Gasteiger partial charge in [0.2, 0.25) is 5.88 Å². The number of nitrogens with zero attached hydrogens (tertiary/aromatic N) is 3. The molecule has 1 atom stereocenters. The van der Waals surface area contributed by atoms with Crippen LogP contribution in [0.5, 0.6) is 11.9 Å². The van der Waals surface area contributed by atoms with Gasteiger partial charge in [-0.25, -0.2) is 0 Å². The highest BCUT2D eigenvalue weighted by molar-refractivity contribution is 6.39. The lowest BCUT2D eigenvalue weighted by molar-refractivity contribution is -0.118. The molecular weight excluding hydrogens is 441 g/mol. The van der Waals surface area contributed by atoms with Gasteiger partial charge in [0.05, 0.1) is 11.6 Å². The van der Waals surface area contributed by atoms with Crippen LogP contribution in [-0.4, -0.2) is 45.2 Å². The normalized spacial score (nSPS) is 22.5. The van der Waals surface area contributed by atoms with Crippen LogP contribution in [0.15, 0.2) is 0 Å². The highest BCUT2D eigenvalue weighted by Crippen LogP contribution is 2.39. The number of aromatic nitrogens is 3. The van der Waals surface area contributed by atoms with E-state index in [1.165, 1.54) is 0 Å². The zero-order chi connectivity index (χ0) is 22.1. The fraction of sp³-hybridized carbons (Fsp3) is 0.682. The largest absolute Gasteiger partial charge is 0.473 e. The van der Waals surface area contributed by atoms with Gasteiger partial charge in [0.25, 0.3) is 6.01 Å². The summed E-state index contributed by atoms with van der Waals surface area (Å²) >= 11 is 12.9. The van der Waals surface area contributed by atoms with Crippen molar-refractivity contribution < 1.29 is 19.0 Å². The van der Waals surface area contributed by atoms with E-state index in [-0.39, 0.29) is 35.2 Å². The molecule has 2 aliphatic carbocycles. The summed E-state index contributed by atoms with van der Waals surface area (Å²) in [4.78, 5) is 20.1. The molecule has 0 bridgehead atoms. The Morgan fingerprint density at radius 3 is 2.32 bits per heavy atom. The van der Waals surface area contributed by atoms with E-state index in [2.05, 4.69) is 9.97 Å². The fourth-order valence-electron chi connectivity index (χ4n) is 4.01. The summed E-state index contributed by atoms with van der Waals surface area (Å²) in [5, 5.41) is 0.672. The molecule has 2 heterocycles. The second-order valence-corrected chi connectivity index (χ2v) is 9.59. The predicted octanol–water partition coefficient (Wildman–Crippen LogP) is 5.14. The highest BCUT2D eigenvalue weighted by atomic mass is 35.5. The number of carbonyl (C=O) groups is 1. The Bertz CT molecular complexity index is 952. The average Bonchev–Trinajstić information content (AvgIpc) is 3.47. The molecule has 2 fully saturated rings. The van der Waals surface area contributed by atoms with Gasteiger partial charge in [0.1, 0.15) is 28.5 Å². The number of carbonyl (C=O) groups excluding carboxylic acids is 1. The Labute approximate surface area is 192 Å². The molecule has 31 heavy (non-hydrogen) atoms. The molecule has 0 saturated heterocycles. The molecule has 2 saturated carbocycles. The number of rotatable bonds is 9. The van der Waals surface area contributed by atoms with Crippen molar-refractivity contribution >= 4 is 40.0 Å². The zero-order valence-electron chi connectivity index (χ0n) is 18.2. The highest BCUT2D eigenvalue weighted by Gasteiger charge is 2.29. The second kappa shape index (κ2) is 9.51. The SMILES string of the molecule is CC(=O)C[C@@H](C)COC1CCC(Oc2nc3c(Cl)nc(OC4CC4)c(Cl)c3n2C)CC1. The molecule has 9 heteroatoms. The smallest absolute Gasteiger partial charge is 0.297 e. The molecular formula is C22H29Cl2N3O4. The van der Waals surface area contributed by atoms with Crippen LogP contribution in [-0.2, 0) is 16.6 Å². The quantitative estimate of drug-likeness (QED) is 0.473. The molecule has 2 aromatic rings. The van der Waals surface area contributed by atoms with Crippen LogP contribution in [0.25, 0.3) is 11.0 Å². The zero-order valence-corrected chi connectivity index (χ0v) is 19.7. The summed E-state index contributed by atoms with van der Waals surface area (Å²) in [5.41, 5.74) is 1.19. The monoisotopic (exact) mass is 469 g/mol. The molecule has 0 spiro atoms. The van der Waals surface area contributed by atoms with Crippen LogP contribution in [0.1, 0.15) is 58.8 Å². The number of ketones is 1. The summed E-state index contributed by atoms with van der Waals surface area (Å²) in [7, 11) is 1.86. The Kier molecular flexibility index (Phi) is 6.94. The number of ether oxygens (including phenoxy) is 3. The summed E-state index contributed by atoms with van der Waals surface area (Å²) in [6, 6.07) is 0.476. The van der Waals surface area contributed by atoms with Gasteiger partial charge in [-0.2, -0.15) is 9.97 Å². The molecule has 4 rings (SSSR count). The maximum atomic E-state index is 11.2. The van der Waals surface area contributed by atoms with Gasteiger partial charge in [-0.15, -0.1) is 0 Å². The first-order valence-corrected chi connectivity index (χ1v) is 11.7. The van der Waals surface area contributed by atoms with Crippen molar-refractivity contribution in [3.05, 3.63) is 10.2 Å². The lowest BCUT2D eigenvalue weighted by Gasteiger charge is -2.29. The molecule has 2 aliphatic rings. The van der Waals surface area contributed by atoms with E-state index in [1.54, 1.807) is 6.92 Å². The predicted molar refractivity (Wildman–Crippen MR) is 119 cm³/mol. The fourth-order valence-corrected chi connectivity index (χ4v) is 4.52. The summed E-state index contributed by atoms with van der Waals surface area (Å²) in [6.07, 6.45) is 6.62. The van der Waals surface area contributed by atoms with Gasteiger partial charge >= 0.3 is 0 Å². The third-order valence-corrected chi connectivity index (χ3v) is 6.40. The number of imidazole rings is 1. The van der Waals surface area contributed by atoms with Crippen molar-refractivity contribution in [2.24, 2.45) is 13.0 Å². The van der Waals surface area contributed by atoms with E-state index in [9.17, 15) is 4.79 Å². The van der Waals surface area contributed by atoms with Crippen molar-refractivity contribution in [1.82, 2.24) is 14.5 Å². The molecule has 0 radical (unpaired) electrons. The summed E-state index contributed by atoms with van der Waals surface area (Å²) in [6.45, 7) is 4.29. The average molecular weight is 470 g/mol. The van der Waals surface area contributed by atoms with Crippen LogP contribution < -0.4 is 9.47 Å². The van der Waals surface area contributed by atoms with Gasteiger partial charge in [0, 0.05) is 20.1 Å². The summed E-state index contributed by atoms with van der Waals surface area (Å²) in [5.74, 6) is 0.813. The van der Waals surface area contributed by atoms with Crippen molar-refractivity contribution in [2.45, 2.75) is 77.1 Å². The number of Topliss-reactive ketones (excluding diaryl/α,β-unsaturated/α-hetero) is 1. The Balaban J connectivity index is 1.37. The molecule has 7 nitrogen and oxygen atoms in total. The van der Waals surface area contributed by atoms with Crippen molar-refractivity contribution in [1.29, 1.82) is 0 Å². The minimum Gasteiger partial charge on any atom is -0.473 e. The van der Waals surface area contributed by atoms with Gasteiger partial charge in [-0.3, -0.25) is 4.57 Å². The Morgan fingerprint density at radius 2 is 1.68 bits per heavy atom. The van der Waals surface area contributed by atoms with E-state index >= 15 is 0 Å². The number of aryl methyl sites for hydroxylation is 1. The molecule has 0 N–H and O–H groups in total. The van der Waals surface area contributed by atoms with Crippen molar-refractivity contribution in [3.63, 3.8) is 0 Å². The van der Waals surface area contributed by atoms with Crippen LogP contribution in [0.2, 0.25) is 10.2 Å². The van der Waals surface area contributed by atoms with Gasteiger partial charge in [-0.1, -0.05) is 30.1 Å². The molecule has 0 amide bonds. The first-order valence-electron chi connectivity index (χ1n) is 11.0. The maximum Gasteiger partial charge on any atom is 0.297 e. The van der Waals surface area contributed by atoms with E-state index < -0.39 is 0 Å². The lowest BCUT2D eigenvalue weighted by atomic mass is 9.95. The number of halogens is 2. The van der Waals surface area contributed by atoms with Gasteiger partial charge in [-0.05, 0) is 51.4 Å². The van der Waals surface area contributed by atoms with E-state index in [0.29, 0.717) is 41.0 Å². The standard InChI is InChI=1S/C22H29Cl2N3O4/c1-12(10-13(2)28)11-29-14-4-6-16(7-5-14)31-22-25-18-19(27(22)3)17(23)21(26-20(18)24)30-15-8-9-15/h12,14-16H,4-11H2,1-3H3/t12-,14?,16?/m1/s1. The third-order valence-electron chi connectivity index (χ3n) is 5.79. The first-order chi connectivity index (χ1) is 14.8. The minimum atomic E-state index is 0.0534. The third kappa shape index (κ3) is 5.44. The molecule has 2 aromatic heterocycles. The number of hydrogen-bond acceptors (Lipinski definition) is 6. The van der Waals surface area contributed by atoms with Gasteiger partial charge < -0.3 is 19.0 Å². The lowest BCUT2D eigenvalue weighted by Crippen LogP contribution is -2.30. The number of pyridine rings is 1. The first kappa shape index (κ1) is 22.6.